The Bertz CT molecular complexity index is 625. The fraction of sp³-hybridized carbons (Fsp3) is 0.250. The molecule has 1 heterocycles. The van der Waals surface area contributed by atoms with Crippen LogP contribution in [0.15, 0.2) is 18.2 Å². The lowest BCUT2D eigenvalue weighted by atomic mass is 10.0. The van der Waals surface area contributed by atoms with Crippen molar-refractivity contribution in [3.63, 3.8) is 0 Å². The van der Waals surface area contributed by atoms with E-state index in [1.165, 1.54) is 0 Å². The van der Waals surface area contributed by atoms with Gasteiger partial charge in [-0.25, -0.2) is 18.5 Å². The van der Waals surface area contributed by atoms with Crippen LogP contribution in [0.25, 0.3) is 0 Å². The summed E-state index contributed by atoms with van der Waals surface area (Å²) in [6.45, 7) is 0. The van der Waals surface area contributed by atoms with E-state index in [2.05, 4.69) is 0 Å². The molecule has 0 aromatic heterocycles. The molecule has 7 heteroatoms. The van der Waals surface area contributed by atoms with E-state index in [4.69, 9.17) is 0 Å². The molecule has 5 nitrogen and oxygen atoms in total. The highest BCUT2D eigenvalue weighted by Crippen LogP contribution is 2.49. The Balaban J connectivity index is 2.08. The summed E-state index contributed by atoms with van der Waals surface area (Å²) < 4.78 is 26.8. The van der Waals surface area contributed by atoms with E-state index < -0.39 is 40.6 Å². The standard InChI is InChI=1S/C12H8F2N2O3/c13-6-1-2-7(14)8(5-6)16-10(18)12(3-4-12)9(17)15-11(16)19/h1-2,5H,3-4H2,(H,15,17,19). The fourth-order valence-electron chi connectivity index (χ4n) is 2.12. The number of halogens is 2. The fourth-order valence-corrected chi connectivity index (χ4v) is 2.12. The molecule has 98 valence electrons. The number of carbonyl (C=O) groups excluding carboxylic acids is 3. The number of nitrogens with zero attached hydrogens (tertiary/aromatic N) is 1. The smallest absolute Gasteiger partial charge is 0.276 e. The van der Waals surface area contributed by atoms with Gasteiger partial charge in [0, 0.05) is 6.07 Å². The monoisotopic (exact) mass is 266 g/mol. The van der Waals surface area contributed by atoms with Gasteiger partial charge in [-0.15, -0.1) is 0 Å². The number of hydrogen-bond donors (Lipinski definition) is 1. The van der Waals surface area contributed by atoms with Gasteiger partial charge in [0.15, 0.2) is 0 Å². The van der Waals surface area contributed by atoms with Gasteiger partial charge in [-0.05, 0) is 25.0 Å². The highest BCUT2D eigenvalue weighted by Gasteiger charge is 2.62. The lowest BCUT2D eigenvalue weighted by molar-refractivity contribution is -0.136. The second-order valence-corrected chi connectivity index (χ2v) is 4.58. The molecule has 3 rings (SSSR count). The minimum absolute atomic E-state index is 0.304. The van der Waals surface area contributed by atoms with Crippen LogP contribution in [0.3, 0.4) is 0 Å². The first-order valence-corrected chi connectivity index (χ1v) is 5.61. The molecule has 19 heavy (non-hydrogen) atoms. The quantitative estimate of drug-likeness (QED) is 0.780. The largest absolute Gasteiger partial charge is 0.335 e. The molecule has 0 radical (unpaired) electrons. The van der Waals surface area contributed by atoms with Crippen LogP contribution in [0.1, 0.15) is 12.8 Å². The number of amides is 4. The second-order valence-electron chi connectivity index (χ2n) is 4.58. The molecule has 1 aliphatic carbocycles. The molecule has 0 atom stereocenters. The number of carbonyl (C=O) groups is 3. The zero-order valence-electron chi connectivity index (χ0n) is 9.57. The minimum atomic E-state index is -1.29. The van der Waals surface area contributed by atoms with Crippen LogP contribution in [-0.2, 0) is 9.59 Å². The third-order valence-electron chi connectivity index (χ3n) is 3.37. The summed E-state index contributed by atoms with van der Waals surface area (Å²) >= 11 is 0. The van der Waals surface area contributed by atoms with Crippen molar-refractivity contribution >= 4 is 23.5 Å². The normalized spacial score (nSPS) is 20.7. The van der Waals surface area contributed by atoms with E-state index >= 15 is 0 Å². The molecule has 4 amide bonds. The molecule has 1 saturated carbocycles. The highest BCUT2D eigenvalue weighted by molar-refractivity contribution is 6.31. The van der Waals surface area contributed by atoms with Gasteiger partial charge >= 0.3 is 6.03 Å². The van der Waals surface area contributed by atoms with Gasteiger partial charge < -0.3 is 0 Å². The number of barbiturate groups is 1. The number of benzene rings is 1. The Hall–Kier alpha value is -2.31. The minimum Gasteiger partial charge on any atom is -0.276 e. The summed E-state index contributed by atoms with van der Waals surface area (Å²) in [6, 6.07) is 1.39. The van der Waals surface area contributed by atoms with E-state index in [1.807, 2.05) is 5.32 Å². The predicted octanol–water partition coefficient (Wildman–Crippen LogP) is 1.33. The molecular formula is C12H8F2N2O3. The zero-order valence-corrected chi connectivity index (χ0v) is 9.57. The van der Waals surface area contributed by atoms with E-state index in [0.717, 1.165) is 18.2 Å². The Kier molecular flexibility index (Phi) is 2.23. The summed E-state index contributed by atoms with van der Waals surface area (Å²) in [4.78, 5) is 35.9. The first-order chi connectivity index (χ1) is 8.95. The van der Waals surface area contributed by atoms with Gasteiger partial charge in [0.05, 0.1) is 5.69 Å². The van der Waals surface area contributed by atoms with E-state index in [1.54, 1.807) is 0 Å². The average Bonchev–Trinajstić information content (AvgIpc) is 3.13. The van der Waals surface area contributed by atoms with Crippen LogP contribution < -0.4 is 10.2 Å². The molecule has 1 aromatic carbocycles. The van der Waals surface area contributed by atoms with Crippen molar-refractivity contribution in [1.29, 1.82) is 0 Å². The summed E-state index contributed by atoms with van der Waals surface area (Å²) in [7, 11) is 0. The first kappa shape index (κ1) is 11.8. The number of hydrogen-bond acceptors (Lipinski definition) is 3. The van der Waals surface area contributed by atoms with Crippen LogP contribution >= 0.6 is 0 Å². The Morgan fingerprint density at radius 2 is 1.84 bits per heavy atom. The number of imide groups is 2. The maximum absolute atomic E-state index is 13.6. The van der Waals surface area contributed by atoms with Crippen LogP contribution in [-0.4, -0.2) is 17.8 Å². The van der Waals surface area contributed by atoms with Crippen LogP contribution in [0, 0.1) is 17.0 Å². The molecule has 1 aliphatic heterocycles. The third-order valence-corrected chi connectivity index (χ3v) is 3.37. The molecular weight excluding hydrogens is 258 g/mol. The summed E-state index contributed by atoms with van der Waals surface area (Å²) in [5.41, 5.74) is -1.77. The summed E-state index contributed by atoms with van der Waals surface area (Å²) in [5, 5.41) is 2.00. The van der Waals surface area contributed by atoms with E-state index in [0.29, 0.717) is 17.7 Å². The van der Waals surface area contributed by atoms with Crippen molar-refractivity contribution in [2.45, 2.75) is 12.8 Å². The van der Waals surface area contributed by atoms with Gasteiger partial charge in [0.2, 0.25) is 5.91 Å². The first-order valence-electron chi connectivity index (χ1n) is 5.61. The van der Waals surface area contributed by atoms with Crippen LogP contribution in [0.2, 0.25) is 0 Å². The van der Waals surface area contributed by atoms with Crippen molar-refractivity contribution < 1.29 is 23.2 Å². The van der Waals surface area contributed by atoms with Crippen molar-refractivity contribution in [2.24, 2.45) is 5.41 Å². The van der Waals surface area contributed by atoms with Gasteiger partial charge in [-0.2, -0.15) is 0 Å². The Morgan fingerprint density at radius 3 is 2.47 bits per heavy atom. The Labute approximate surface area is 106 Å². The lowest BCUT2D eigenvalue weighted by Crippen LogP contribution is -2.59. The molecule has 2 aliphatic rings. The lowest BCUT2D eigenvalue weighted by Gasteiger charge is -2.30. The van der Waals surface area contributed by atoms with Crippen molar-refractivity contribution in [1.82, 2.24) is 5.32 Å². The molecule has 2 fully saturated rings. The van der Waals surface area contributed by atoms with Crippen molar-refractivity contribution in [3.8, 4) is 0 Å². The molecule has 1 spiro atoms. The summed E-state index contributed by atoms with van der Waals surface area (Å²) in [6.07, 6.45) is 0.608. The second kappa shape index (κ2) is 3.59. The SMILES string of the molecule is O=C1NC(=O)C2(CC2)C(=O)N1c1cc(F)ccc1F. The van der Waals surface area contributed by atoms with Crippen LogP contribution in [0.5, 0.6) is 0 Å². The number of nitrogens with one attached hydrogen (secondary N) is 1. The molecule has 0 bridgehead atoms. The van der Waals surface area contributed by atoms with E-state index in [9.17, 15) is 23.2 Å². The molecule has 1 aromatic rings. The van der Waals surface area contributed by atoms with Gasteiger partial charge in [-0.1, -0.05) is 0 Å². The maximum Gasteiger partial charge on any atom is 0.335 e. The summed E-state index contributed by atoms with van der Waals surface area (Å²) in [5.74, 6) is -3.16. The number of urea groups is 1. The highest BCUT2D eigenvalue weighted by atomic mass is 19.1. The zero-order chi connectivity index (χ0) is 13.8. The topological polar surface area (TPSA) is 66.5 Å². The Morgan fingerprint density at radius 1 is 1.16 bits per heavy atom. The predicted molar refractivity (Wildman–Crippen MR) is 59.0 cm³/mol. The number of rotatable bonds is 1. The molecule has 1 saturated heterocycles. The van der Waals surface area contributed by atoms with Gasteiger partial charge in [-0.3, -0.25) is 14.9 Å². The molecule has 0 unspecified atom stereocenters. The van der Waals surface area contributed by atoms with Crippen molar-refractivity contribution in [3.05, 3.63) is 29.8 Å². The van der Waals surface area contributed by atoms with Gasteiger partial charge in [0.1, 0.15) is 17.0 Å². The maximum atomic E-state index is 13.6. The molecule has 1 N–H and O–H groups in total. The van der Waals surface area contributed by atoms with Crippen LogP contribution in [0.4, 0.5) is 19.3 Å². The van der Waals surface area contributed by atoms with E-state index in [-0.39, 0.29) is 0 Å². The average molecular weight is 266 g/mol. The van der Waals surface area contributed by atoms with Crippen molar-refractivity contribution in [2.75, 3.05) is 4.90 Å². The van der Waals surface area contributed by atoms with Gasteiger partial charge in [0.25, 0.3) is 5.91 Å². The number of anilines is 1. The third kappa shape index (κ3) is 1.54.